The molecule has 0 aliphatic heterocycles. The highest BCUT2D eigenvalue weighted by atomic mass is 16.1. The van der Waals surface area contributed by atoms with E-state index < -0.39 is 0 Å². The minimum atomic E-state index is 0.0199. The molecule has 3 N–H and O–H groups in total. The summed E-state index contributed by atoms with van der Waals surface area (Å²) in [5, 5.41) is 5.47. The predicted molar refractivity (Wildman–Crippen MR) is 83.4 cm³/mol. The van der Waals surface area contributed by atoms with Gasteiger partial charge < -0.3 is 11.1 Å². The highest BCUT2D eigenvalue weighted by Crippen LogP contribution is 2.24. The zero-order valence-corrected chi connectivity index (χ0v) is 11.9. The van der Waals surface area contributed by atoms with Crippen LogP contribution in [0.25, 0.3) is 10.8 Å². The Morgan fingerprint density at radius 1 is 1.15 bits per heavy atom. The average Bonchev–Trinajstić information content (AvgIpc) is 2.47. The van der Waals surface area contributed by atoms with Gasteiger partial charge in [-0.15, -0.1) is 0 Å². The van der Waals surface area contributed by atoms with Gasteiger partial charge in [0.15, 0.2) is 0 Å². The summed E-state index contributed by atoms with van der Waals surface area (Å²) in [4.78, 5) is 11.9. The third-order valence-electron chi connectivity index (χ3n) is 3.53. The highest BCUT2D eigenvalue weighted by Gasteiger charge is 2.11. The molecule has 0 saturated heterocycles. The molecule has 0 bridgehead atoms. The van der Waals surface area contributed by atoms with Gasteiger partial charge in [-0.2, -0.15) is 0 Å². The molecule has 106 valence electrons. The van der Waals surface area contributed by atoms with Gasteiger partial charge in [0.2, 0.25) is 5.91 Å². The standard InChI is InChI=1S/C17H22N2O/c1-13(19-17(20)11-4-5-12-18)15-10-6-8-14-7-2-3-9-16(14)15/h2-3,6-10,13H,4-5,11-12,18H2,1H3,(H,19,20). The van der Waals surface area contributed by atoms with Crippen molar-refractivity contribution in [2.45, 2.75) is 32.2 Å². The average molecular weight is 270 g/mol. The second-order valence-electron chi connectivity index (χ2n) is 5.10. The topological polar surface area (TPSA) is 55.1 Å². The molecule has 2 aromatic rings. The number of hydrogen-bond acceptors (Lipinski definition) is 2. The summed E-state index contributed by atoms with van der Waals surface area (Å²) >= 11 is 0. The van der Waals surface area contributed by atoms with E-state index in [9.17, 15) is 4.79 Å². The van der Waals surface area contributed by atoms with Gasteiger partial charge in [0.05, 0.1) is 6.04 Å². The van der Waals surface area contributed by atoms with Crippen molar-refractivity contribution in [3.05, 3.63) is 48.0 Å². The second kappa shape index (κ2) is 7.06. The number of hydrogen-bond donors (Lipinski definition) is 2. The van der Waals surface area contributed by atoms with Gasteiger partial charge in [-0.05, 0) is 42.6 Å². The van der Waals surface area contributed by atoms with Gasteiger partial charge in [0.1, 0.15) is 0 Å². The molecule has 3 heteroatoms. The molecule has 2 rings (SSSR count). The molecule has 0 aliphatic carbocycles. The highest BCUT2D eigenvalue weighted by molar-refractivity contribution is 5.86. The molecule has 3 nitrogen and oxygen atoms in total. The summed E-state index contributed by atoms with van der Waals surface area (Å²) in [5.41, 5.74) is 6.60. The number of nitrogens with two attached hydrogens (primary N) is 1. The molecule has 2 aromatic carbocycles. The van der Waals surface area contributed by atoms with Gasteiger partial charge in [0, 0.05) is 6.42 Å². The smallest absolute Gasteiger partial charge is 0.220 e. The quantitative estimate of drug-likeness (QED) is 0.792. The van der Waals surface area contributed by atoms with E-state index in [0.717, 1.165) is 18.4 Å². The van der Waals surface area contributed by atoms with E-state index in [1.54, 1.807) is 0 Å². The number of benzene rings is 2. The largest absolute Gasteiger partial charge is 0.350 e. The Morgan fingerprint density at radius 3 is 2.70 bits per heavy atom. The van der Waals surface area contributed by atoms with Crippen molar-refractivity contribution in [2.24, 2.45) is 5.73 Å². The fraction of sp³-hybridized carbons (Fsp3) is 0.353. The molecule has 0 heterocycles. The number of unbranched alkanes of at least 4 members (excludes halogenated alkanes) is 1. The van der Waals surface area contributed by atoms with E-state index in [1.807, 2.05) is 25.1 Å². The van der Waals surface area contributed by atoms with E-state index in [4.69, 9.17) is 5.73 Å². The normalized spacial score (nSPS) is 12.3. The van der Waals surface area contributed by atoms with E-state index in [1.165, 1.54) is 10.8 Å². The third-order valence-corrected chi connectivity index (χ3v) is 3.53. The zero-order valence-electron chi connectivity index (χ0n) is 11.9. The number of nitrogens with one attached hydrogen (secondary N) is 1. The molecule has 1 atom stereocenters. The SMILES string of the molecule is CC(NC(=O)CCCCN)c1cccc2ccccc12. The molecular formula is C17H22N2O. The first-order valence-corrected chi connectivity index (χ1v) is 7.19. The number of fused-ring (bicyclic) bond motifs is 1. The Kier molecular flexibility index (Phi) is 5.13. The maximum absolute atomic E-state index is 11.9. The fourth-order valence-electron chi connectivity index (χ4n) is 2.45. The van der Waals surface area contributed by atoms with Crippen molar-refractivity contribution in [1.82, 2.24) is 5.32 Å². The molecule has 0 spiro atoms. The first kappa shape index (κ1) is 14.5. The summed E-state index contributed by atoms with van der Waals surface area (Å²) in [6, 6.07) is 14.5. The first-order chi connectivity index (χ1) is 9.72. The second-order valence-corrected chi connectivity index (χ2v) is 5.10. The number of amides is 1. The maximum Gasteiger partial charge on any atom is 0.220 e. The fourth-order valence-corrected chi connectivity index (χ4v) is 2.45. The Labute approximate surface area is 120 Å². The molecule has 1 amide bonds. The van der Waals surface area contributed by atoms with Crippen molar-refractivity contribution < 1.29 is 4.79 Å². The van der Waals surface area contributed by atoms with Crippen molar-refractivity contribution in [2.75, 3.05) is 6.54 Å². The van der Waals surface area contributed by atoms with Crippen LogP contribution in [0.3, 0.4) is 0 Å². The van der Waals surface area contributed by atoms with Gasteiger partial charge >= 0.3 is 0 Å². The van der Waals surface area contributed by atoms with Gasteiger partial charge in [-0.25, -0.2) is 0 Å². The van der Waals surface area contributed by atoms with Crippen LogP contribution in [0.15, 0.2) is 42.5 Å². The zero-order chi connectivity index (χ0) is 14.4. The number of rotatable bonds is 6. The molecule has 0 aliphatic rings. The summed E-state index contributed by atoms with van der Waals surface area (Å²) in [6.45, 7) is 2.68. The Morgan fingerprint density at radius 2 is 1.90 bits per heavy atom. The van der Waals surface area contributed by atoms with Crippen LogP contribution in [0, 0.1) is 0 Å². The van der Waals surface area contributed by atoms with E-state index >= 15 is 0 Å². The Balaban J connectivity index is 2.07. The molecule has 0 aromatic heterocycles. The summed E-state index contributed by atoms with van der Waals surface area (Å²) in [6.07, 6.45) is 2.30. The van der Waals surface area contributed by atoms with Gasteiger partial charge in [0.25, 0.3) is 0 Å². The summed E-state index contributed by atoms with van der Waals surface area (Å²) in [7, 11) is 0. The minimum Gasteiger partial charge on any atom is -0.350 e. The molecule has 20 heavy (non-hydrogen) atoms. The van der Waals surface area contributed by atoms with Crippen LogP contribution < -0.4 is 11.1 Å². The van der Waals surface area contributed by atoms with Crippen molar-refractivity contribution >= 4 is 16.7 Å². The van der Waals surface area contributed by atoms with Crippen LogP contribution in [-0.2, 0) is 4.79 Å². The number of carbonyl (C=O) groups excluding carboxylic acids is 1. The summed E-state index contributed by atoms with van der Waals surface area (Å²) in [5.74, 6) is 0.0962. The van der Waals surface area contributed by atoms with Crippen LogP contribution in [-0.4, -0.2) is 12.5 Å². The van der Waals surface area contributed by atoms with Crippen molar-refractivity contribution in [3.63, 3.8) is 0 Å². The molecule has 0 saturated carbocycles. The van der Waals surface area contributed by atoms with E-state index in [2.05, 4.69) is 29.6 Å². The van der Waals surface area contributed by atoms with Crippen molar-refractivity contribution in [3.8, 4) is 0 Å². The lowest BCUT2D eigenvalue weighted by molar-refractivity contribution is -0.121. The monoisotopic (exact) mass is 270 g/mol. The molecular weight excluding hydrogens is 248 g/mol. The van der Waals surface area contributed by atoms with Crippen LogP contribution in [0.4, 0.5) is 0 Å². The molecule has 0 radical (unpaired) electrons. The Bertz CT molecular complexity index is 575. The van der Waals surface area contributed by atoms with E-state index in [0.29, 0.717) is 13.0 Å². The predicted octanol–water partition coefficient (Wildman–Crippen LogP) is 3.15. The van der Waals surface area contributed by atoms with Crippen LogP contribution in [0.1, 0.15) is 37.8 Å². The van der Waals surface area contributed by atoms with Gasteiger partial charge in [-0.3, -0.25) is 4.79 Å². The molecule has 0 fully saturated rings. The first-order valence-electron chi connectivity index (χ1n) is 7.19. The number of carbonyl (C=O) groups is 1. The third kappa shape index (κ3) is 3.58. The molecule has 1 unspecified atom stereocenters. The lowest BCUT2D eigenvalue weighted by Gasteiger charge is -2.16. The van der Waals surface area contributed by atoms with Crippen LogP contribution in [0.2, 0.25) is 0 Å². The van der Waals surface area contributed by atoms with Crippen LogP contribution in [0.5, 0.6) is 0 Å². The van der Waals surface area contributed by atoms with Gasteiger partial charge in [-0.1, -0.05) is 42.5 Å². The maximum atomic E-state index is 11.9. The lowest BCUT2D eigenvalue weighted by Crippen LogP contribution is -2.26. The van der Waals surface area contributed by atoms with Crippen LogP contribution >= 0.6 is 0 Å². The van der Waals surface area contributed by atoms with Crippen molar-refractivity contribution in [1.29, 1.82) is 0 Å². The minimum absolute atomic E-state index is 0.0199. The Hall–Kier alpha value is -1.87. The lowest BCUT2D eigenvalue weighted by atomic mass is 9.99. The van der Waals surface area contributed by atoms with E-state index in [-0.39, 0.29) is 11.9 Å². The summed E-state index contributed by atoms with van der Waals surface area (Å²) < 4.78 is 0.